The van der Waals surface area contributed by atoms with Crippen molar-refractivity contribution in [1.29, 1.82) is 0 Å². The molecular weight excluding hydrogens is 391 g/mol. The van der Waals surface area contributed by atoms with Crippen molar-refractivity contribution < 1.29 is 14.0 Å². The number of amides is 2. The number of hydrogen-bond donors (Lipinski definition) is 1. The van der Waals surface area contributed by atoms with E-state index in [2.05, 4.69) is 10.3 Å². The molecule has 0 atom stereocenters. The summed E-state index contributed by atoms with van der Waals surface area (Å²) in [5.41, 5.74) is 1.59. The summed E-state index contributed by atoms with van der Waals surface area (Å²) >= 11 is 1.34. The lowest BCUT2D eigenvalue weighted by Crippen LogP contribution is -2.27. The van der Waals surface area contributed by atoms with Crippen LogP contribution in [0, 0.1) is 5.82 Å². The predicted octanol–water partition coefficient (Wildman–Crippen LogP) is 2.87. The van der Waals surface area contributed by atoms with Crippen molar-refractivity contribution in [3.63, 3.8) is 0 Å². The van der Waals surface area contributed by atoms with Gasteiger partial charge in [-0.15, -0.1) is 11.8 Å². The second-order valence-electron chi connectivity index (χ2n) is 6.77. The number of rotatable bonds is 7. The molecular formula is C21H23FN4O2S. The second kappa shape index (κ2) is 9.09. The van der Waals surface area contributed by atoms with E-state index in [0.717, 1.165) is 10.4 Å². The number of para-hydroxylation sites is 1. The third-order valence-corrected chi connectivity index (χ3v) is 5.63. The van der Waals surface area contributed by atoms with Crippen LogP contribution in [-0.4, -0.2) is 52.7 Å². The van der Waals surface area contributed by atoms with Crippen LogP contribution in [0.1, 0.15) is 16.2 Å². The molecule has 0 aliphatic heterocycles. The molecule has 0 aliphatic carbocycles. The number of fused-ring (bicyclic) bond motifs is 1. The van der Waals surface area contributed by atoms with Gasteiger partial charge in [0, 0.05) is 39.0 Å². The average molecular weight is 415 g/mol. The molecule has 1 N–H and O–H groups in total. The number of imidazole rings is 1. The first-order valence-electron chi connectivity index (χ1n) is 9.18. The van der Waals surface area contributed by atoms with Crippen molar-refractivity contribution in [2.45, 2.75) is 11.3 Å². The lowest BCUT2D eigenvalue weighted by molar-refractivity contribution is -0.125. The molecule has 0 saturated carbocycles. The maximum absolute atomic E-state index is 13.9. The minimum Gasteiger partial charge on any atom is -0.352 e. The Balaban J connectivity index is 1.64. The van der Waals surface area contributed by atoms with Gasteiger partial charge in [-0.3, -0.25) is 9.59 Å². The van der Waals surface area contributed by atoms with Gasteiger partial charge < -0.3 is 14.8 Å². The van der Waals surface area contributed by atoms with Crippen molar-refractivity contribution in [2.75, 3.05) is 26.4 Å². The molecule has 6 nitrogen and oxygen atoms in total. The molecule has 3 aromatic rings. The molecule has 0 saturated heterocycles. The lowest BCUT2D eigenvalue weighted by atomic mass is 10.2. The maximum atomic E-state index is 13.9. The van der Waals surface area contributed by atoms with Crippen LogP contribution < -0.4 is 5.32 Å². The van der Waals surface area contributed by atoms with Crippen LogP contribution in [0.5, 0.6) is 0 Å². The van der Waals surface area contributed by atoms with E-state index in [-0.39, 0.29) is 23.4 Å². The highest BCUT2D eigenvalue weighted by Crippen LogP contribution is 2.23. The third kappa shape index (κ3) is 4.76. The van der Waals surface area contributed by atoms with Crippen LogP contribution in [0.4, 0.5) is 4.39 Å². The first kappa shape index (κ1) is 20.9. The summed E-state index contributed by atoms with van der Waals surface area (Å²) in [4.78, 5) is 31.1. The van der Waals surface area contributed by atoms with Crippen molar-refractivity contribution in [3.8, 4) is 0 Å². The SMILES string of the molecule is CN(C)C(=O)CSc1ccccc1C(=O)NCCc1nc2c(F)cccc2n1C. The van der Waals surface area contributed by atoms with Gasteiger partial charge in [-0.1, -0.05) is 18.2 Å². The van der Waals surface area contributed by atoms with Crippen molar-refractivity contribution >= 4 is 34.6 Å². The van der Waals surface area contributed by atoms with E-state index in [4.69, 9.17) is 0 Å². The smallest absolute Gasteiger partial charge is 0.252 e. The van der Waals surface area contributed by atoms with Gasteiger partial charge in [0.1, 0.15) is 11.3 Å². The van der Waals surface area contributed by atoms with Crippen LogP contribution in [0.3, 0.4) is 0 Å². The molecule has 0 spiro atoms. The number of hydrogen-bond acceptors (Lipinski definition) is 4. The Morgan fingerprint density at radius 2 is 1.93 bits per heavy atom. The van der Waals surface area contributed by atoms with Gasteiger partial charge in [0.05, 0.1) is 16.8 Å². The number of aryl methyl sites for hydroxylation is 1. The first-order valence-corrected chi connectivity index (χ1v) is 10.2. The Morgan fingerprint density at radius 1 is 1.17 bits per heavy atom. The van der Waals surface area contributed by atoms with E-state index in [1.54, 1.807) is 32.3 Å². The number of carbonyl (C=O) groups excluding carboxylic acids is 2. The number of nitrogens with zero attached hydrogens (tertiary/aromatic N) is 3. The van der Waals surface area contributed by atoms with Crippen LogP contribution in [0.2, 0.25) is 0 Å². The monoisotopic (exact) mass is 414 g/mol. The van der Waals surface area contributed by atoms with Crippen LogP contribution in [0.15, 0.2) is 47.4 Å². The standard InChI is InChI=1S/C21H23FN4O2S/c1-25(2)19(27)13-29-17-10-5-4-7-14(17)21(28)23-12-11-18-24-20-15(22)8-6-9-16(20)26(18)3/h4-10H,11-13H2,1-3H3,(H,23,28). The predicted molar refractivity (Wildman–Crippen MR) is 113 cm³/mol. The van der Waals surface area contributed by atoms with E-state index in [1.165, 1.54) is 22.7 Å². The van der Waals surface area contributed by atoms with Gasteiger partial charge in [-0.2, -0.15) is 0 Å². The lowest BCUT2D eigenvalue weighted by Gasteiger charge is -2.12. The van der Waals surface area contributed by atoms with Gasteiger partial charge in [0.2, 0.25) is 5.91 Å². The van der Waals surface area contributed by atoms with E-state index in [9.17, 15) is 14.0 Å². The molecule has 8 heteroatoms. The third-order valence-electron chi connectivity index (χ3n) is 4.57. The van der Waals surface area contributed by atoms with Crippen LogP contribution >= 0.6 is 11.8 Å². The fraction of sp³-hybridized carbons (Fsp3) is 0.286. The number of carbonyl (C=O) groups is 2. The van der Waals surface area contributed by atoms with Gasteiger partial charge in [-0.25, -0.2) is 9.37 Å². The molecule has 0 radical (unpaired) electrons. The number of thioether (sulfide) groups is 1. The number of aromatic nitrogens is 2. The Kier molecular flexibility index (Phi) is 6.53. The van der Waals surface area contributed by atoms with Crippen molar-refractivity contribution in [3.05, 3.63) is 59.7 Å². The topological polar surface area (TPSA) is 67.2 Å². The van der Waals surface area contributed by atoms with Crippen molar-refractivity contribution in [2.24, 2.45) is 7.05 Å². The molecule has 152 valence electrons. The summed E-state index contributed by atoms with van der Waals surface area (Å²) in [6, 6.07) is 12.1. The van der Waals surface area contributed by atoms with Crippen LogP contribution in [0.25, 0.3) is 11.0 Å². The number of nitrogens with one attached hydrogen (secondary N) is 1. The van der Waals surface area contributed by atoms with Crippen LogP contribution in [-0.2, 0) is 18.3 Å². The molecule has 0 aliphatic rings. The molecule has 2 aromatic carbocycles. The normalized spacial score (nSPS) is 10.9. The minimum absolute atomic E-state index is 0.0145. The quantitative estimate of drug-likeness (QED) is 0.604. The van der Waals surface area contributed by atoms with E-state index in [0.29, 0.717) is 29.9 Å². The highest BCUT2D eigenvalue weighted by atomic mass is 32.2. The molecule has 0 bridgehead atoms. The fourth-order valence-corrected chi connectivity index (χ4v) is 3.91. The number of halogens is 1. The zero-order valence-corrected chi connectivity index (χ0v) is 17.4. The summed E-state index contributed by atoms with van der Waals surface area (Å²) < 4.78 is 15.7. The van der Waals surface area contributed by atoms with Crippen molar-refractivity contribution in [1.82, 2.24) is 19.8 Å². The Labute approximate surface area is 173 Å². The summed E-state index contributed by atoms with van der Waals surface area (Å²) in [7, 11) is 5.24. The summed E-state index contributed by atoms with van der Waals surface area (Å²) in [6.07, 6.45) is 0.477. The summed E-state index contributed by atoms with van der Waals surface area (Å²) in [5.74, 6) is 0.383. The molecule has 29 heavy (non-hydrogen) atoms. The number of benzene rings is 2. The molecule has 1 heterocycles. The fourth-order valence-electron chi connectivity index (χ4n) is 2.88. The highest BCUT2D eigenvalue weighted by Gasteiger charge is 2.15. The molecule has 0 fully saturated rings. The molecule has 0 unspecified atom stereocenters. The van der Waals surface area contributed by atoms with E-state index < -0.39 is 0 Å². The second-order valence-corrected chi connectivity index (χ2v) is 7.79. The highest BCUT2D eigenvalue weighted by molar-refractivity contribution is 8.00. The maximum Gasteiger partial charge on any atom is 0.252 e. The Hall–Kier alpha value is -2.87. The molecule has 1 aromatic heterocycles. The summed E-state index contributed by atoms with van der Waals surface area (Å²) in [5, 5.41) is 2.89. The van der Waals surface area contributed by atoms with E-state index >= 15 is 0 Å². The Bertz CT molecular complexity index is 1050. The first-order chi connectivity index (χ1) is 13.9. The molecule has 2 amide bonds. The Morgan fingerprint density at radius 3 is 2.66 bits per heavy atom. The minimum atomic E-state index is -0.355. The van der Waals surface area contributed by atoms with Gasteiger partial charge in [0.15, 0.2) is 5.82 Å². The van der Waals surface area contributed by atoms with Gasteiger partial charge in [-0.05, 0) is 24.3 Å². The van der Waals surface area contributed by atoms with Gasteiger partial charge in [0.25, 0.3) is 5.91 Å². The zero-order valence-electron chi connectivity index (χ0n) is 16.6. The average Bonchev–Trinajstić information content (AvgIpc) is 3.03. The summed E-state index contributed by atoms with van der Waals surface area (Å²) in [6.45, 7) is 0.368. The largest absolute Gasteiger partial charge is 0.352 e. The zero-order chi connectivity index (χ0) is 21.0. The van der Waals surface area contributed by atoms with Gasteiger partial charge >= 0.3 is 0 Å². The molecule has 3 rings (SSSR count). The van der Waals surface area contributed by atoms with E-state index in [1.807, 2.05) is 29.8 Å².